The van der Waals surface area contributed by atoms with Crippen LogP contribution in [0.3, 0.4) is 0 Å². The highest BCUT2D eigenvalue weighted by molar-refractivity contribution is 7.10. The Bertz CT molecular complexity index is 1530. The van der Waals surface area contributed by atoms with Crippen molar-refractivity contribution in [1.82, 2.24) is 14.9 Å². The molecule has 1 saturated heterocycles. The summed E-state index contributed by atoms with van der Waals surface area (Å²) < 4.78 is 5.52. The van der Waals surface area contributed by atoms with Gasteiger partial charge in [-0.05, 0) is 69.3 Å². The predicted octanol–water partition coefficient (Wildman–Crippen LogP) is 6.90. The van der Waals surface area contributed by atoms with E-state index in [4.69, 9.17) is 9.72 Å². The molecule has 0 radical (unpaired) electrons. The number of para-hydroxylation sites is 1. The Kier molecular flexibility index (Phi) is 6.07. The second kappa shape index (κ2) is 9.44. The summed E-state index contributed by atoms with van der Waals surface area (Å²) in [5.41, 5.74) is 5.67. The lowest BCUT2D eigenvalue weighted by Crippen LogP contribution is -2.41. The van der Waals surface area contributed by atoms with Gasteiger partial charge in [0.1, 0.15) is 5.60 Å². The number of anilines is 1. The van der Waals surface area contributed by atoms with Crippen molar-refractivity contribution in [2.75, 3.05) is 18.4 Å². The molecule has 7 nitrogen and oxygen atoms in total. The second-order valence-electron chi connectivity index (χ2n) is 10.9. The lowest BCUT2D eigenvalue weighted by Gasteiger charge is -2.32. The Morgan fingerprint density at radius 3 is 2.68 bits per heavy atom. The minimum atomic E-state index is -0.487. The highest BCUT2D eigenvalue weighted by Gasteiger charge is 2.29. The first-order valence-corrected chi connectivity index (χ1v) is 13.8. The van der Waals surface area contributed by atoms with Crippen LogP contribution in [0.2, 0.25) is 0 Å². The molecule has 0 bridgehead atoms. The molecule has 1 fully saturated rings. The fourth-order valence-electron chi connectivity index (χ4n) is 5.06. The number of nitrogens with one attached hydrogen (secondary N) is 2. The Morgan fingerprint density at radius 2 is 1.92 bits per heavy atom. The number of ether oxygens (including phenoxy) is 1. The maximum absolute atomic E-state index is 12.8. The summed E-state index contributed by atoms with van der Waals surface area (Å²) in [6.07, 6.45) is 3.40. The van der Waals surface area contributed by atoms with Gasteiger partial charge in [-0.25, -0.2) is 9.78 Å². The van der Waals surface area contributed by atoms with Crippen molar-refractivity contribution < 1.29 is 14.3 Å². The average Bonchev–Trinajstić information content (AvgIpc) is 3.60. The number of amides is 2. The van der Waals surface area contributed by atoms with Crippen molar-refractivity contribution in [2.24, 2.45) is 0 Å². The van der Waals surface area contributed by atoms with E-state index in [1.807, 2.05) is 63.2 Å². The van der Waals surface area contributed by atoms with Crippen LogP contribution in [-0.4, -0.2) is 45.6 Å². The number of hydrogen-bond acceptors (Lipinski definition) is 5. The van der Waals surface area contributed by atoms with Crippen LogP contribution in [0, 0.1) is 0 Å². The van der Waals surface area contributed by atoms with Crippen LogP contribution >= 0.6 is 11.3 Å². The van der Waals surface area contributed by atoms with Gasteiger partial charge in [0.15, 0.2) is 0 Å². The van der Waals surface area contributed by atoms with E-state index in [0.717, 1.165) is 57.0 Å². The van der Waals surface area contributed by atoms with Crippen molar-refractivity contribution >= 4 is 51.6 Å². The molecular weight excluding hydrogens is 496 g/mol. The summed E-state index contributed by atoms with van der Waals surface area (Å²) >= 11 is 1.66. The van der Waals surface area contributed by atoms with E-state index >= 15 is 0 Å². The van der Waals surface area contributed by atoms with Crippen LogP contribution in [-0.2, 0) is 9.53 Å². The number of likely N-dealkylation sites (tertiary alicyclic amines) is 1. The zero-order chi connectivity index (χ0) is 26.4. The smallest absolute Gasteiger partial charge is 0.410 e. The molecule has 0 atom stereocenters. The molecule has 2 aromatic carbocycles. The largest absolute Gasteiger partial charge is 0.444 e. The van der Waals surface area contributed by atoms with Crippen molar-refractivity contribution in [3.63, 3.8) is 0 Å². The van der Waals surface area contributed by atoms with Gasteiger partial charge >= 0.3 is 6.09 Å². The fraction of sp³-hybridized carbons (Fsp3) is 0.300. The first-order valence-electron chi connectivity index (χ1n) is 12.9. The van der Waals surface area contributed by atoms with Crippen molar-refractivity contribution in [2.45, 2.75) is 45.1 Å². The van der Waals surface area contributed by atoms with Gasteiger partial charge in [-0.2, -0.15) is 0 Å². The number of hydrogen-bond donors (Lipinski definition) is 2. The van der Waals surface area contributed by atoms with Gasteiger partial charge < -0.3 is 19.9 Å². The van der Waals surface area contributed by atoms with E-state index in [0.29, 0.717) is 24.6 Å². The zero-order valence-corrected chi connectivity index (χ0v) is 22.5. The lowest BCUT2D eigenvalue weighted by molar-refractivity contribution is -0.110. The Morgan fingerprint density at radius 1 is 1.13 bits per heavy atom. The minimum absolute atomic E-state index is 0.105. The maximum Gasteiger partial charge on any atom is 0.410 e. The summed E-state index contributed by atoms with van der Waals surface area (Å²) in [5.74, 6) is 0.217. The van der Waals surface area contributed by atoms with Crippen molar-refractivity contribution in [1.29, 1.82) is 0 Å². The van der Waals surface area contributed by atoms with Crippen LogP contribution < -0.4 is 5.32 Å². The Balaban J connectivity index is 1.20. The van der Waals surface area contributed by atoms with Crippen LogP contribution in [0.4, 0.5) is 10.5 Å². The second-order valence-corrected chi connectivity index (χ2v) is 11.8. The number of carbonyl (C=O) groups excluding carboxylic acids is 2. The molecular formula is C30H30N4O3S. The Hall–Kier alpha value is -3.91. The third-order valence-electron chi connectivity index (χ3n) is 6.97. The number of rotatable bonds is 3. The molecule has 2 aliphatic heterocycles. The van der Waals surface area contributed by atoms with E-state index in [1.165, 1.54) is 0 Å². The standard InChI is InChI=1S/C30H30N4O3S/c1-30(2,3)37-29(36)34-12-10-18(11-13-34)28-33-26(17-38-28)20-8-9-25-22(15-20)23(27(35)32-25)16-21-14-19-6-4-5-7-24(19)31-21/h4-9,14-18,31H,10-13H2,1-3H3,(H,32,35). The zero-order valence-electron chi connectivity index (χ0n) is 21.7. The maximum atomic E-state index is 12.8. The van der Waals surface area contributed by atoms with Crippen molar-refractivity contribution in [3.05, 3.63) is 70.2 Å². The summed E-state index contributed by atoms with van der Waals surface area (Å²) in [6, 6.07) is 16.1. The normalized spacial score (nSPS) is 17.2. The van der Waals surface area contributed by atoms with Crippen LogP contribution in [0.25, 0.3) is 33.8 Å². The molecule has 8 heteroatoms. The molecule has 0 unspecified atom stereocenters. The van der Waals surface area contributed by atoms with E-state index < -0.39 is 5.60 Å². The molecule has 4 heterocycles. The fourth-order valence-corrected chi connectivity index (χ4v) is 6.06. The monoisotopic (exact) mass is 526 g/mol. The molecule has 2 amide bonds. The Labute approximate surface area is 225 Å². The third-order valence-corrected chi connectivity index (χ3v) is 7.97. The molecule has 6 rings (SSSR count). The summed E-state index contributed by atoms with van der Waals surface area (Å²) in [7, 11) is 0. The summed E-state index contributed by atoms with van der Waals surface area (Å²) in [4.78, 5) is 35.4. The van der Waals surface area contributed by atoms with Gasteiger partial charge in [0.05, 0.1) is 16.3 Å². The third kappa shape index (κ3) is 4.84. The van der Waals surface area contributed by atoms with Crippen molar-refractivity contribution in [3.8, 4) is 11.3 Å². The van der Waals surface area contributed by atoms with E-state index in [9.17, 15) is 9.59 Å². The highest BCUT2D eigenvalue weighted by atomic mass is 32.1. The molecule has 0 aliphatic carbocycles. The number of nitrogens with zero attached hydrogens (tertiary/aromatic N) is 2. The molecule has 0 spiro atoms. The molecule has 0 saturated carbocycles. The quantitative estimate of drug-likeness (QED) is 0.284. The SMILES string of the molecule is CC(C)(C)OC(=O)N1CCC(c2nc(-c3ccc4c(c3)C(=Cc3cc5ccccc5[nH]3)C(=O)N4)cs2)CC1. The number of carbonyl (C=O) groups is 2. The van der Waals surface area contributed by atoms with Crippen LogP contribution in [0.15, 0.2) is 53.9 Å². The number of benzene rings is 2. The van der Waals surface area contributed by atoms with Crippen LogP contribution in [0.5, 0.6) is 0 Å². The van der Waals surface area contributed by atoms with Crippen LogP contribution in [0.1, 0.15) is 55.8 Å². The van der Waals surface area contributed by atoms with E-state index in [1.54, 1.807) is 16.2 Å². The predicted molar refractivity (Wildman–Crippen MR) is 152 cm³/mol. The van der Waals surface area contributed by atoms with E-state index in [-0.39, 0.29) is 12.0 Å². The number of aromatic nitrogens is 2. The highest BCUT2D eigenvalue weighted by Crippen LogP contribution is 2.38. The molecule has 2 aromatic heterocycles. The van der Waals surface area contributed by atoms with Gasteiger partial charge in [-0.15, -0.1) is 11.3 Å². The first-order chi connectivity index (χ1) is 18.2. The number of fused-ring (bicyclic) bond motifs is 2. The molecule has 4 aromatic rings. The molecule has 2 aliphatic rings. The van der Waals surface area contributed by atoms with Gasteiger partial charge in [-0.3, -0.25) is 4.79 Å². The number of piperidine rings is 1. The number of H-pyrrole nitrogens is 1. The number of thiazole rings is 1. The lowest BCUT2D eigenvalue weighted by atomic mass is 9.97. The first kappa shape index (κ1) is 24.4. The average molecular weight is 527 g/mol. The molecule has 38 heavy (non-hydrogen) atoms. The molecule has 2 N–H and O–H groups in total. The van der Waals surface area contributed by atoms with E-state index in [2.05, 4.69) is 27.8 Å². The number of aromatic amines is 1. The van der Waals surface area contributed by atoms with Gasteiger partial charge in [0, 0.05) is 52.4 Å². The van der Waals surface area contributed by atoms with Gasteiger partial charge in [0.2, 0.25) is 0 Å². The topological polar surface area (TPSA) is 87.3 Å². The van der Waals surface area contributed by atoms with Gasteiger partial charge in [0.25, 0.3) is 5.91 Å². The van der Waals surface area contributed by atoms with Gasteiger partial charge in [-0.1, -0.05) is 24.3 Å². The molecule has 194 valence electrons. The summed E-state index contributed by atoms with van der Waals surface area (Å²) in [5, 5.41) is 7.27. The minimum Gasteiger partial charge on any atom is -0.444 e. The summed E-state index contributed by atoms with van der Waals surface area (Å²) in [6.45, 7) is 7.01.